The van der Waals surface area contributed by atoms with Crippen molar-refractivity contribution in [1.29, 1.82) is 0 Å². The summed E-state index contributed by atoms with van der Waals surface area (Å²) in [5.74, 6) is -6.51. The van der Waals surface area contributed by atoms with Gasteiger partial charge in [-0.2, -0.15) is 0 Å². The van der Waals surface area contributed by atoms with Gasteiger partial charge in [-0.25, -0.2) is 18.4 Å². The molecule has 1 aromatic carbocycles. The highest BCUT2D eigenvalue weighted by Gasteiger charge is 2.61. The van der Waals surface area contributed by atoms with Gasteiger partial charge >= 0.3 is 12.1 Å². The van der Waals surface area contributed by atoms with Crippen molar-refractivity contribution in [2.24, 2.45) is 0 Å². The molecule has 1 unspecified atom stereocenters. The molecule has 3 amide bonds. The monoisotopic (exact) mass is 410 g/mol. The van der Waals surface area contributed by atoms with Gasteiger partial charge in [0.25, 0.3) is 17.7 Å². The van der Waals surface area contributed by atoms with Crippen LogP contribution in [0.25, 0.3) is 0 Å². The molecule has 2 heterocycles. The van der Waals surface area contributed by atoms with Crippen molar-refractivity contribution >= 4 is 23.9 Å². The van der Waals surface area contributed by atoms with Gasteiger partial charge in [0.05, 0.1) is 17.7 Å². The number of carbonyl (C=O) groups is 4. The minimum Gasteiger partial charge on any atom is -0.444 e. The molecule has 3 rings (SSSR count). The average Bonchev–Trinajstić information content (AvgIpc) is 2.99. The van der Waals surface area contributed by atoms with E-state index in [-0.39, 0.29) is 16.2 Å². The highest BCUT2D eigenvalue weighted by atomic mass is 19.3. The fourth-order valence-corrected chi connectivity index (χ4v) is 3.26. The Morgan fingerprint density at radius 1 is 1.07 bits per heavy atom. The van der Waals surface area contributed by atoms with Crippen LogP contribution in [0.15, 0.2) is 24.3 Å². The zero-order valence-electron chi connectivity index (χ0n) is 16.3. The number of hydrogen-bond donors (Lipinski definition) is 0. The fraction of sp³-hybridized carbons (Fsp3) is 0.474. The predicted octanol–water partition coefficient (Wildman–Crippen LogP) is 2.78. The Morgan fingerprint density at radius 2 is 1.59 bits per heavy atom. The summed E-state index contributed by atoms with van der Waals surface area (Å²) < 4.78 is 33.4. The van der Waals surface area contributed by atoms with Crippen LogP contribution in [0.1, 0.15) is 54.8 Å². The molecule has 2 aliphatic heterocycles. The number of hydroxylamine groups is 2. The first kappa shape index (κ1) is 20.7. The second kappa shape index (κ2) is 6.50. The Hall–Kier alpha value is -3.04. The lowest BCUT2D eigenvalue weighted by Crippen LogP contribution is -2.54. The molecule has 2 aliphatic rings. The Morgan fingerprint density at radius 3 is 2.07 bits per heavy atom. The number of imide groups is 1. The molecule has 0 bridgehead atoms. The molecule has 1 aromatic rings. The fourth-order valence-electron chi connectivity index (χ4n) is 3.26. The maximum absolute atomic E-state index is 14.1. The number of fused-ring (bicyclic) bond motifs is 1. The van der Waals surface area contributed by atoms with Crippen molar-refractivity contribution in [2.75, 3.05) is 6.54 Å². The van der Waals surface area contributed by atoms with Crippen molar-refractivity contribution < 1.29 is 37.5 Å². The summed E-state index contributed by atoms with van der Waals surface area (Å²) in [5.41, 5.74) is -3.07. The number of alkyl halides is 2. The van der Waals surface area contributed by atoms with Crippen LogP contribution < -0.4 is 0 Å². The van der Waals surface area contributed by atoms with Gasteiger partial charge in [0.2, 0.25) is 0 Å². The number of likely N-dealkylation sites (tertiary alicyclic amines) is 1. The summed E-state index contributed by atoms with van der Waals surface area (Å²) in [5, 5.41) is 0.224. The van der Waals surface area contributed by atoms with Crippen LogP contribution in [-0.4, -0.2) is 57.4 Å². The number of benzene rings is 1. The average molecular weight is 410 g/mol. The van der Waals surface area contributed by atoms with E-state index < -0.39 is 53.9 Å². The number of nitrogens with zero attached hydrogens (tertiary/aromatic N) is 2. The van der Waals surface area contributed by atoms with Crippen molar-refractivity contribution in [3.63, 3.8) is 0 Å². The smallest absolute Gasteiger partial charge is 0.411 e. The Balaban J connectivity index is 1.86. The molecular formula is C19H20F2N2O6. The molecule has 0 radical (unpaired) electrons. The highest BCUT2D eigenvalue weighted by molar-refractivity contribution is 6.21. The molecule has 156 valence electrons. The van der Waals surface area contributed by atoms with Crippen molar-refractivity contribution in [3.8, 4) is 0 Å². The van der Waals surface area contributed by atoms with Crippen LogP contribution in [0, 0.1) is 0 Å². The SMILES string of the molecule is CC(C)(C)OC(=O)N1CC(F)(F)CC1(C)C(=O)ON1C(=O)c2ccccc2C1=O. The van der Waals surface area contributed by atoms with E-state index in [1.807, 2.05) is 0 Å². The molecule has 0 aliphatic carbocycles. The van der Waals surface area contributed by atoms with Gasteiger partial charge in [-0.05, 0) is 39.8 Å². The Kier molecular flexibility index (Phi) is 4.64. The molecule has 0 aromatic heterocycles. The van der Waals surface area contributed by atoms with E-state index in [0.29, 0.717) is 4.90 Å². The number of ether oxygens (including phenoxy) is 1. The maximum atomic E-state index is 14.1. The third kappa shape index (κ3) is 3.66. The van der Waals surface area contributed by atoms with E-state index in [1.165, 1.54) is 24.3 Å². The summed E-state index contributed by atoms with van der Waals surface area (Å²) in [6.07, 6.45) is -2.17. The second-order valence-electron chi connectivity index (χ2n) is 8.20. The Labute approximate surface area is 165 Å². The first-order valence-corrected chi connectivity index (χ1v) is 8.84. The zero-order chi connectivity index (χ0) is 21.8. The van der Waals surface area contributed by atoms with Gasteiger partial charge in [-0.3, -0.25) is 14.5 Å². The van der Waals surface area contributed by atoms with E-state index in [0.717, 1.165) is 6.92 Å². The van der Waals surface area contributed by atoms with Crippen LogP contribution in [0.5, 0.6) is 0 Å². The minimum atomic E-state index is -3.38. The lowest BCUT2D eigenvalue weighted by molar-refractivity contribution is -0.180. The lowest BCUT2D eigenvalue weighted by Gasteiger charge is -2.33. The highest BCUT2D eigenvalue weighted by Crippen LogP contribution is 2.41. The summed E-state index contributed by atoms with van der Waals surface area (Å²) >= 11 is 0. The van der Waals surface area contributed by atoms with E-state index >= 15 is 0 Å². The topological polar surface area (TPSA) is 93.2 Å². The minimum absolute atomic E-state index is 0.0243. The first-order valence-electron chi connectivity index (χ1n) is 8.84. The molecule has 0 spiro atoms. The second-order valence-corrected chi connectivity index (χ2v) is 8.20. The first-order chi connectivity index (χ1) is 13.3. The van der Waals surface area contributed by atoms with E-state index in [1.54, 1.807) is 20.8 Å². The van der Waals surface area contributed by atoms with Crippen LogP contribution in [0.2, 0.25) is 0 Å². The van der Waals surface area contributed by atoms with Gasteiger partial charge in [0, 0.05) is 6.42 Å². The van der Waals surface area contributed by atoms with E-state index in [4.69, 9.17) is 9.57 Å². The number of carbonyl (C=O) groups excluding carboxylic acids is 4. The molecule has 29 heavy (non-hydrogen) atoms. The van der Waals surface area contributed by atoms with Gasteiger partial charge in [0.1, 0.15) is 11.1 Å². The zero-order valence-corrected chi connectivity index (χ0v) is 16.3. The van der Waals surface area contributed by atoms with E-state index in [9.17, 15) is 28.0 Å². The van der Waals surface area contributed by atoms with Gasteiger partial charge in [-0.1, -0.05) is 17.2 Å². The molecule has 0 saturated carbocycles. The molecular weight excluding hydrogens is 390 g/mol. The summed E-state index contributed by atoms with van der Waals surface area (Å²) in [6, 6.07) is 5.81. The molecule has 1 saturated heterocycles. The third-order valence-corrected chi connectivity index (χ3v) is 4.57. The standard InChI is InChI=1S/C19H20F2N2O6/c1-17(2,3)28-16(27)22-10-19(20,21)9-18(22,4)15(26)29-23-13(24)11-7-5-6-8-12(11)14(23)25/h5-8H,9-10H2,1-4H3. The van der Waals surface area contributed by atoms with Crippen LogP contribution >= 0.6 is 0 Å². The Bertz CT molecular complexity index is 875. The van der Waals surface area contributed by atoms with Crippen LogP contribution in [-0.2, 0) is 14.4 Å². The van der Waals surface area contributed by atoms with Crippen molar-refractivity contribution in [2.45, 2.75) is 51.2 Å². The summed E-state index contributed by atoms with van der Waals surface area (Å²) in [4.78, 5) is 55.4. The maximum Gasteiger partial charge on any atom is 0.411 e. The van der Waals surface area contributed by atoms with Crippen molar-refractivity contribution in [1.82, 2.24) is 9.96 Å². The van der Waals surface area contributed by atoms with Gasteiger partial charge in [-0.15, -0.1) is 0 Å². The number of halogens is 2. The summed E-state index contributed by atoms with van der Waals surface area (Å²) in [7, 11) is 0. The predicted molar refractivity (Wildman–Crippen MR) is 93.9 cm³/mol. The van der Waals surface area contributed by atoms with Gasteiger partial charge in [0.15, 0.2) is 0 Å². The number of hydrogen-bond acceptors (Lipinski definition) is 6. The lowest BCUT2D eigenvalue weighted by atomic mass is 9.98. The van der Waals surface area contributed by atoms with E-state index in [2.05, 4.69) is 0 Å². The largest absolute Gasteiger partial charge is 0.444 e. The number of amides is 3. The van der Waals surface area contributed by atoms with Crippen LogP contribution in [0.3, 0.4) is 0 Å². The molecule has 10 heteroatoms. The molecule has 0 N–H and O–H groups in total. The van der Waals surface area contributed by atoms with Gasteiger partial charge < -0.3 is 9.57 Å². The summed E-state index contributed by atoms with van der Waals surface area (Å²) in [6.45, 7) is 4.67. The molecule has 1 atom stereocenters. The number of rotatable bonds is 2. The molecule has 1 fully saturated rings. The van der Waals surface area contributed by atoms with Crippen molar-refractivity contribution in [3.05, 3.63) is 35.4 Å². The quantitative estimate of drug-likeness (QED) is 0.696. The normalized spacial score (nSPS) is 23.2. The third-order valence-electron chi connectivity index (χ3n) is 4.57. The van der Waals surface area contributed by atoms with Crippen LogP contribution in [0.4, 0.5) is 13.6 Å². The molecule has 8 nitrogen and oxygen atoms in total.